The van der Waals surface area contributed by atoms with Crippen molar-refractivity contribution >= 4 is 6.09 Å². The van der Waals surface area contributed by atoms with Crippen molar-refractivity contribution in [2.75, 3.05) is 34.3 Å². The van der Waals surface area contributed by atoms with E-state index in [-0.39, 0.29) is 18.6 Å². The smallest absolute Gasteiger partial charge is 0.410 e. The highest BCUT2D eigenvalue weighted by Gasteiger charge is 2.42. The normalized spacial score (nSPS) is 23.1. The third kappa shape index (κ3) is 4.80. The summed E-state index contributed by atoms with van der Waals surface area (Å²) in [5.41, 5.74) is -0.460. The summed E-state index contributed by atoms with van der Waals surface area (Å²) in [5.74, 6) is 0. The average molecular weight is 260 g/mol. The fraction of sp³-hybridized carbons (Fsp3) is 0.917. The monoisotopic (exact) mass is 260 g/mol. The molecule has 1 rings (SSSR count). The Morgan fingerprint density at radius 1 is 1.28 bits per heavy atom. The van der Waals surface area contributed by atoms with Crippen molar-refractivity contribution in [2.45, 2.75) is 38.9 Å². The minimum absolute atomic E-state index is 0.00189. The van der Waals surface area contributed by atoms with E-state index < -0.39 is 5.60 Å². The van der Waals surface area contributed by atoms with Gasteiger partial charge in [0.2, 0.25) is 0 Å². The molecule has 6 nitrogen and oxygen atoms in total. The molecule has 1 fully saturated rings. The van der Waals surface area contributed by atoms with Gasteiger partial charge in [-0.3, -0.25) is 4.90 Å². The number of epoxide rings is 1. The van der Waals surface area contributed by atoms with Gasteiger partial charge in [-0.15, -0.1) is 0 Å². The highest BCUT2D eigenvalue weighted by molar-refractivity contribution is 5.67. The molecule has 1 saturated heterocycles. The Balaban J connectivity index is 2.24. The topological polar surface area (TPSA) is 54.5 Å². The molecule has 1 aliphatic heterocycles. The van der Waals surface area contributed by atoms with E-state index in [2.05, 4.69) is 0 Å². The number of likely N-dealkylation sites (N-methyl/N-ethyl adjacent to an activating group) is 2. The predicted octanol–water partition coefficient (Wildman–Crippen LogP) is 1.11. The Kier molecular flexibility index (Phi) is 4.95. The summed E-state index contributed by atoms with van der Waals surface area (Å²) >= 11 is 0. The first-order valence-electron chi connectivity index (χ1n) is 6.07. The van der Waals surface area contributed by atoms with E-state index in [0.717, 1.165) is 0 Å². The Bertz CT molecular complexity index is 290. The highest BCUT2D eigenvalue weighted by Crippen LogP contribution is 2.24. The first-order chi connectivity index (χ1) is 8.24. The lowest BCUT2D eigenvalue weighted by atomic mass is 10.2. The van der Waals surface area contributed by atoms with Crippen molar-refractivity contribution in [1.29, 1.82) is 0 Å². The molecule has 18 heavy (non-hydrogen) atoms. The second-order valence-electron chi connectivity index (χ2n) is 5.51. The number of amides is 1. The molecule has 0 aromatic heterocycles. The van der Waals surface area contributed by atoms with Crippen LogP contribution in [0.25, 0.3) is 0 Å². The predicted molar refractivity (Wildman–Crippen MR) is 67.2 cm³/mol. The van der Waals surface area contributed by atoms with Crippen molar-refractivity contribution in [3.8, 4) is 0 Å². The minimum Gasteiger partial charge on any atom is -0.444 e. The summed E-state index contributed by atoms with van der Waals surface area (Å²) in [6.07, 6.45) is -0.445. The summed E-state index contributed by atoms with van der Waals surface area (Å²) in [6.45, 7) is 6.85. The maximum absolute atomic E-state index is 11.7. The molecule has 0 aromatic rings. The van der Waals surface area contributed by atoms with Gasteiger partial charge in [0.1, 0.15) is 5.60 Å². The zero-order valence-corrected chi connectivity index (χ0v) is 12.1. The lowest BCUT2D eigenvalue weighted by molar-refractivity contribution is 0.0280. The summed E-state index contributed by atoms with van der Waals surface area (Å²) in [4.78, 5) is 15.3. The number of hydrogen-bond donors (Lipinski definition) is 0. The Morgan fingerprint density at radius 2 is 1.89 bits per heavy atom. The van der Waals surface area contributed by atoms with E-state index in [1.54, 1.807) is 19.1 Å². The molecule has 2 unspecified atom stereocenters. The second kappa shape index (κ2) is 5.86. The van der Waals surface area contributed by atoms with Crippen LogP contribution in [0.1, 0.15) is 20.8 Å². The zero-order valence-electron chi connectivity index (χ0n) is 12.1. The first kappa shape index (κ1) is 15.2. The zero-order chi connectivity index (χ0) is 13.9. The van der Waals surface area contributed by atoms with Crippen LogP contribution >= 0.6 is 0 Å². The molecular formula is C12H24N2O4. The van der Waals surface area contributed by atoms with Crippen LogP contribution in [0.2, 0.25) is 0 Å². The lowest BCUT2D eigenvalue weighted by Gasteiger charge is -2.25. The number of ether oxygens (including phenoxy) is 3. The summed E-state index contributed by atoms with van der Waals surface area (Å²) in [7, 11) is 5.28. The molecular weight excluding hydrogens is 236 g/mol. The Labute approximate surface area is 109 Å². The third-order valence-electron chi connectivity index (χ3n) is 2.59. The van der Waals surface area contributed by atoms with Crippen LogP contribution in [0.15, 0.2) is 0 Å². The molecule has 0 N–H and O–H groups in total. The molecule has 0 saturated carbocycles. The van der Waals surface area contributed by atoms with Gasteiger partial charge in [-0.05, 0) is 27.8 Å². The summed E-state index contributed by atoms with van der Waals surface area (Å²) < 4.78 is 15.6. The molecule has 1 heterocycles. The van der Waals surface area contributed by atoms with Crippen molar-refractivity contribution < 1.29 is 19.0 Å². The van der Waals surface area contributed by atoms with E-state index in [1.165, 1.54) is 0 Å². The summed E-state index contributed by atoms with van der Waals surface area (Å²) in [6, 6.07) is 0. The molecule has 1 aliphatic rings. The second-order valence-corrected chi connectivity index (χ2v) is 5.51. The van der Waals surface area contributed by atoms with Gasteiger partial charge in [0.05, 0.1) is 0 Å². The van der Waals surface area contributed by atoms with Gasteiger partial charge in [-0.2, -0.15) is 0 Å². The molecule has 0 spiro atoms. The van der Waals surface area contributed by atoms with Crippen LogP contribution in [-0.2, 0) is 14.2 Å². The molecule has 0 bridgehead atoms. The van der Waals surface area contributed by atoms with E-state index in [4.69, 9.17) is 14.2 Å². The van der Waals surface area contributed by atoms with Crippen molar-refractivity contribution in [2.24, 2.45) is 0 Å². The number of carbonyl (C=O) groups is 1. The van der Waals surface area contributed by atoms with Crippen LogP contribution in [0.5, 0.6) is 0 Å². The molecule has 2 atom stereocenters. The average Bonchev–Trinajstić information content (AvgIpc) is 3.02. The Morgan fingerprint density at radius 3 is 2.33 bits per heavy atom. The molecule has 106 valence electrons. The number of hydrogen-bond acceptors (Lipinski definition) is 5. The fourth-order valence-corrected chi connectivity index (χ4v) is 1.44. The first-order valence-corrected chi connectivity index (χ1v) is 6.07. The molecule has 0 aliphatic carbocycles. The molecule has 0 aromatic carbocycles. The highest BCUT2D eigenvalue weighted by atomic mass is 16.8. The summed E-state index contributed by atoms with van der Waals surface area (Å²) in [5, 5.41) is 0. The lowest BCUT2D eigenvalue weighted by Crippen LogP contribution is -2.39. The van der Waals surface area contributed by atoms with Gasteiger partial charge in [0, 0.05) is 27.2 Å². The van der Waals surface area contributed by atoms with Crippen LogP contribution in [-0.4, -0.2) is 68.3 Å². The van der Waals surface area contributed by atoms with E-state index >= 15 is 0 Å². The van der Waals surface area contributed by atoms with Gasteiger partial charge in [0.15, 0.2) is 12.5 Å². The minimum atomic E-state index is -0.460. The van der Waals surface area contributed by atoms with Crippen molar-refractivity contribution in [3.63, 3.8) is 0 Å². The maximum Gasteiger partial charge on any atom is 0.410 e. The van der Waals surface area contributed by atoms with Gasteiger partial charge < -0.3 is 19.1 Å². The molecule has 6 heteroatoms. The van der Waals surface area contributed by atoms with Gasteiger partial charge in [-0.25, -0.2) is 4.79 Å². The van der Waals surface area contributed by atoms with Gasteiger partial charge >= 0.3 is 6.09 Å². The molecule has 0 radical (unpaired) electrons. The van der Waals surface area contributed by atoms with Crippen molar-refractivity contribution in [3.05, 3.63) is 0 Å². The van der Waals surface area contributed by atoms with Crippen LogP contribution in [0.3, 0.4) is 0 Å². The van der Waals surface area contributed by atoms with E-state index in [0.29, 0.717) is 13.1 Å². The van der Waals surface area contributed by atoms with Crippen LogP contribution < -0.4 is 0 Å². The van der Waals surface area contributed by atoms with E-state index in [9.17, 15) is 4.79 Å². The van der Waals surface area contributed by atoms with Crippen LogP contribution in [0.4, 0.5) is 4.79 Å². The fourth-order valence-electron chi connectivity index (χ4n) is 1.44. The Hall–Kier alpha value is -0.850. The third-order valence-corrected chi connectivity index (χ3v) is 2.59. The van der Waals surface area contributed by atoms with Crippen LogP contribution in [0, 0.1) is 0 Å². The number of rotatable bonds is 5. The SMILES string of the molecule is COC1OC1N(C)CCN(C)C(=O)OC(C)(C)C. The number of carbonyl (C=O) groups excluding carboxylic acids is 1. The van der Waals surface area contributed by atoms with E-state index in [1.807, 2.05) is 32.7 Å². The molecule has 1 amide bonds. The number of methoxy groups -OCH3 is 1. The van der Waals surface area contributed by atoms with Crippen molar-refractivity contribution in [1.82, 2.24) is 9.80 Å². The maximum atomic E-state index is 11.7. The van der Waals surface area contributed by atoms with Gasteiger partial charge in [-0.1, -0.05) is 0 Å². The quantitative estimate of drug-likeness (QED) is 0.693. The van der Waals surface area contributed by atoms with Gasteiger partial charge in [0.25, 0.3) is 0 Å². The number of nitrogens with zero attached hydrogens (tertiary/aromatic N) is 2. The largest absolute Gasteiger partial charge is 0.444 e. The standard InChI is InChI=1S/C12H24N2O4/c1-12(2,3)18-11(15)14(5)8-7-13(4)9-10(16-6)17-9/h9-10H,7-8H2,1-6H3.